The molecule has 1 atom stereocenters. The minimum Gasteiger partial charge on any atom is -0.201 e. The van der Waals surface area contributed by atoms with E-state index in [1.165, 1.54) is 12.1 Å². The van der Waals surface area contributed by atoms with Crippen LogP contribution in [0.5, 0.6) is 0 Å². The van der Waals surface area contributed by atoms with Crippen molar-refractivity contribution in [2.75, 3.05) is 0 Å². The molecule has 0 spiro atoms. The van der Waals surface area contributed by atoms with Gasteiger partial charge in [-0.15, -0.1) is 0 Å². The van der Waals surface area contributed by atoms with E-state index in [9.17, 15) is 8.78 Å². The fourth-order valence-corrected chi connectivity index (χ4v) is 1.34. The molecule has 1 rings (SSSR count). The Morgan fingerprint density at radius 3 is 1.93 bits per heavy atom. The number of halogens is 2. The molecule has 14 heavy (non-hydrogen) atoms. The first kappa shape index (κ1) is 11.2. The zero-order valence-electron chi connectivity index (χ0n) is 8.80. The van der Waals surface area contributed by atoms with Crippen LogP contribution < -0.4 is 0 Å². The van der Waals surface area contributed by atoms with Crippen LogP contribution in [0.1, 0.15) is 26.3 Å². The minimum absolute atomic E-state index is 0.0230. The first-order valence-corrected chi connectivity index (χ1v) is 4.89. The molecule has 0 fully saturated rings. The van der Waals surface area contributed by atoms with Gasteiger partial charge in [-0.1, -0.05) is 51.1 Å². The molecular formula is C12H16F2. The molecule has 1 aromatic carbocycles. The molecule has 78 valence electrons. The van der Waals surface area contributed by atoms with E-state index in [4.69, 9.17) is 0 Å². The predicted octanol–water partition coefficient (Wildman–Crippen LogP) is 4.07. The van der Waals surface area contributed by atoms with Crippen molar-refractivity contribution in [3.8, 4) is 0 Å². The second-order valence-electron chi connectivity index (χ2n) is 4.02. The van der Waals surface area contributed by atoms with Gasteiger partial charge in [0.2, 0.25) is 0 Å². The lowest BCUT2D eigenvalue weighted by Crippen LogP contribution is -2.27. The van der Waals surface area contributed by atoms with Gasteiger partial charge in [-0.3, -0.25) is 0 Å². The van der Waals surface area contributed by atoms with Crippen molar-refractivity contribution in [1.82, 2.24) is 0 Å². The molecule has 0 aliphatic carbocycles. The van der Waals surface area contributed by atoms with Gasteiger partial charge < -0.3 is 0 Å². The van der Waals surface area contributed by atoms with E-state index >= 15 is 0 Å². The van der Waals surface area contributed by atoms with Crippen molar-refractivity contribution >= 4 is 0 Å². The number of alkyl halides is 2. The molecular weight excluding hydrogens is 182 g/mol. The highest BCUT2D eigenvalue weighted by Gasteiger charge is 2.39. The Labute approximate surface area is 84.0 Å². The summed E-state index contributed by atoms with van der Waals surface area (Å²) >= 11 is 0. The third kappa shape index (κ3) is 2.11. The summed E-state index contributed by atoms with van der Waals surface area (Å²) in [5.74, 6) is -3.38. The quantitative estimate of drug-likeness (QED) is 0.686. The van der Waals surface area contributed by atoms with Crippen LogP contribution in [0, 0.1) is 11.8 Å². The Hall–Kier alpha value is -0.920. The fourth-order valence-electron chi connectivity index (χ4n) is 1.34. The van der Waals surface area contributed by atoms with Crippen molar-refractivity contribution < 1.29 is 8.78 Å². The van der Waals surface area contributed by atoms with Gasteiger partial charge in [-0.2, -0.15) is 0 Å². The average Bonchev–Trinajstić information content (AvgIpc) is 2.18. The first-order valence-electron chi connectivity index (χ1n) is 4.89. The van der Waals surface area contributed by atoms with Crippen LogP contribution in [0.3, 0.4) is 0 Å². The second-order valence-corrected chi connectivity index (χ2v) is 4.02. The van der Waals surface area contributed by atoms with Gasteiger partial charge in [-0.25, -0.2) is 8.78 Å². The summed E-state index contributed by atoms with van der Waals surface area (Å²) in [4.78, 5) is 0. The van der Waals surface area contributed by atoms with Gasteiger partial charge in [0.05, 0.1) is 0 Å². The Kier molecular flexibility index (Phi) is 3.25. The zero-order valence-corrected chi connectivity index (χ0v) is 8.80. The average molecular weight is 198 g/mol. The van der Waals surface area contributed by atoms with Crippen molar-refractivity contribution in [1.29, 1.82) is 0 Å². The molecule has 0 aliphatic rings. The van der Waals surface area contributed by atoms with Crippen molar-refractivity contribution in [3.63, 3.8) is 0 Å². The van der Waals surface area contributed by atoms with E-state index in [2.05, 4.69) is 0 Å². The fraction of sp³-hybridized carbons (Fsp3) is 0.500. The van der Waals surface area contributed by atoms with Crippen molar-refractivity contribution in [3.05, 3.63) is 35.9 Å². The molecule has 0 saturated carbocycles. The van der Waals surface area contributed by atoms with Crippen LogP contribution >= 0.6 is 0 Å². The monoisotopic (exact) mass is 198 g/mol. The summed E-state index contributed by atoms with van der Waals surface area (Å²) in [6.45, 7) is 5.24. The Morgan fingerprint density at radius 1 is 1.00 bits per heavy atom. The number of hydrogen-bond donors (Lipinski definition) is 0. The summed E-state index contributed by atoms with van der Waals surface area (Å²) in [6.07, 6.45) is 0. The molecule has 1 aromatic rings. The molecule has 0 nitrogen and oxygen atoms in total. The SMILES string of the molecule is CC(C)C(C)C(F)(F)c1ccccc1. The number of rotatable bonds is 3. The smallest absolute Gasteiger partial charge is 0.201 e. The van der Waals surface area contributed by atoms with Crippen LogP contribution in [0.4, 0.5) is 8.78 Å². The second kappa shape index (κ2) is 4.07. The predicted molar refractivity (Wildman–Crippen MR) is 54.3 cm³/mol. The van der Waals surface area contributed by atoms with Crippen molar-refractivity contribution in [2.24, 2.45) is 11.8 Å². The van der Waals surface area contributed by atoms with Crippen LogP contribution in [0.15, 0.2) is 30.3 Å². The zero-order chi connectivity index (χ0) is 10.8. The normalized spacial score (nSPS) is 14.4. The number of hydrogen-bond acceptors (Lipinski definition) is 0. The Balaban J connectivity index is 2.96. The number of benzene rings is 1. The molecule has 1 unspecified atom stereocenters. The van der Waals surface area contributed by atoms with E-state index in [1.54, 1.807) is 25.1 Å². The highest BCUT2D eigenvalue weighted by molar-refractivity contribution is 5.20. The summed E-state index contributed by atoms with van der Waals surface area (Å²) in [5, 5.41) is 0. The molecule has 0 N–H and O–H groups in total. The molecule has 0 aromatic heterocycles. The molecule has 0 aliphatic heterocycles. The largest absolute Gasteiger partial charge is 0.275 e. The third-order valence-electron chi connectivity index (χ3n) is 2.73. The van der Waals surface area contributed by atoms with Crippen molar-refractivity contribution in [2.45, 2.75) is 26.7 Å². The summed E-state index contributed by atoms with van der Waals surface area (Å²) in [6, 6.07) is 8.02. The van der Waals surface area contributed by atoms with Crippen LogP contribution in [-0.4, -0.2) is 0 Å². The standard InChI is InChI=1S/C12H16F2/c1-9(2)10(3)12(13,14)11-7-5-4-6-8-11/h4-10H,1-3H3. The van der Waals surface area contributed by atoms with Crippen LogP contribution in [0.2, 0.25) is 0 Å². The Morgan fingerprint density at radius 2 is 1.50 bits per heavy atom. The van der Waals surface area contributed by atoms with E-state index in [0.29, 0.717) is 0 Å². The Bertz CT molecular complexity index is 278. The maximum atomic E-state index is 13.8. The van der Waals surface area contributed by atoms with E-state index < -0.39 is 11.8 Å². The highest BCUT2D eigenvalue weighted by atomic mass is 19.3. The minimum atomic E-state index is -2.73. The summed E-state index contributed by atoms with van der Waals surface area (Å²) < 4.78 is 27.6. The van der Waals surface area contributed by atoms with E-state index in [0.717, 1.165) is 0 Å². The van der Waals surface area contributed by atoms with Gasteiger partial charge in [0.1, 0.15) is 0 Å². The van der Waals surface area contributed by atoms with Gasteiger partial charge in [0, 0.05) is 11.5 Å². The van der Waals surface area contributed by atoms with Crippen LogP contribution in [0.25, 0.3) is 0 Å². The lowest BCUT2D eigenvalue weighted by Gasteiger charge is -2.26. The molecule has 2 heteroatoms. The van der Waals surface area contributed by atoms with Gasteiger partial charge in [0.15, 0.2) is 0 Å². The molecule has 0 bridgehead atoms. The summed E-state index contributed by atoms with van der Waals surface area (Å²) in [5.41, 5.74) is 0.112. The lowest BCUT2D eigenvalue weighted by atomic mass is 9.87. The topological polar surface area (TPSA) is 0 Å². The third-order valence-corrected chi connectivity index (χ3v) is 2.73. The van der Waals surface area contributed by atoms with Gasteiger partial charge >= 0.3 is 0 Å². The van der Waals surface area contributed by atoms with E-state index in [1.807, 2.05) is 13.8 Å². The van der Waals surface area contributed by atoms with E-state index in [-0.39, 0.29) is 11.5 Å². The maximum absolute atomic E-state index is 13.8. The maximum Gasteiger partial charge on any atom is 0.275 e. The molecule has 0 amide bonds. The van der Waals surface area contributed by atoms with Gasteiger partial charge in [0.25, 0.3) is 5.92 Å². The highest BCUT2D eigenvalue weighted by Crippen LogP contribution is 2.39. The molecule has 0 radical (unpaired) electrons. The first-order chi connectivity index (χ1) is 6.46. The van der Waals surface area contributed by atoms with Crippen LogP contribution in [-0.2, 0) is 5.92 Å². The molecule has 0 heterocycles. The summed E-state index contributed by atoms with van der Waals surface area (Å²) in [7, 11) is 0. The lowest BCUT2D eigenvalue weighted by molar-refractivity contribution is -0.0746. The van der Waals surface area contributed by atoms with Gasteiger partial charge in [-0.05, 0) is 5.92 Å². The molecule has 0 saturated heterocycles.